The molecule has 1 unspecified atom stereocenters. The van der Waals surface area contributed by atoms with Crippen LogP contribution in [0.3, 0.4) is 0 Å². The van der Waals surface area contributed by atoms with Gasteiger partial charge in [-0.3, -0.25) is 9.59 Å². The predicted molar refractivity (Wildman–Crippen MR) is 114 cm³/mol. The summed E-state index contributed by atoms with van der Waals surface area (Å²) in [6.07, 6.45) is 1.65. The number of ether oxygens (including phenoxy) is 1. The van der Waals surface area contributed by atoms with Crippen molar-refractivity contribution in [1.29, 1.82) is 0 Å². The van der Waals surface area contributed by atoms with Crippen molar-refractivity contribution in [3.8, 4) is 5.75 Å². The molecule has 3 rings (SSSR count). The van der Waals surface area contributed by atoms with Gasteiger partial charge in [0.15, 0.2) is 0 Å². The third-order valence-corrected chi connectivity index (χ3v) is 5.13. The molecule has 1 fully saturated rings. The van der Waals surface area contributed by atoms with Gasteiger partial charge in [-0.15, -0.1) is 0 Å². The number of aliphatic hydroxyl groups is 1. The second-order valence-corrected chi connectivity index (χ2v) is 7.94. The minimum Gasteiger partial charge on any atom is -0.507 e. The molecule has 1 N–H and O–H groups in total. The van der Waals surface area contributed by atoms with Gasteiger partial charge in [0, 0.05) is 12.1 Å². The Kier molecular flexibility index (Phi) is 6.34. The Morgan fingerprint density at radius 3 is 2.50 bits per heavy atom. The van der Waals surface area contributed by atoms with Crippen LogP contribution < -0.4 is 4.74 Å². The van der Waals surface area contributed by atoms with Crippen molar-refractivity contribution in [2.24, 2.45) is 0 Å². The minimum absolute atomic E-state index is 0.0224. The second-order valence-electron chi connectivity index (χ2n) is 7.94. The van der Waals surface area contributed by atoms with E-state index in [0.717, 1.165) is 18.4 Å². The van der Waals surface area contributed by atoms with Crippen LogP contribution in [0.25, 0.3) is 5.76 Å². The smallest absolute Gasteiger partial charge is 0.295 e. The van der Waals surface area contributed by atoms with Crippen molar-refractivity contribution in [2.75, 3.05) is 6.54 Å². The number of hydrogen-bond donors (Lipinski definition) is 1. The molecule has 160 valence electrons. The number of rotatable bonds is 7. The Morgan fingerprint density at radius 1 is 1.20 bits per heavy atom. The molecule has 1 aromatic carbocycles. The van der Waals surface area contributed by atoms with Crippen LogP contribution in [0.5, 0.6) is 5.75 Å². The second kappa shape index (κ2) is 8.78. The summed E-state index contributed by atoms with van der Waals surface area (Å²) in [5.74, 6) is 0.357. The highest BCUT2D eigenvalue weighted by molar-refractivity contribution is 6.46. The first-order valence-corrected chi connectivity index (χ1v) is 10.4. The number of furan rings is 1. The van der Waals surface area contributed by atoms with E-state index in [9.17, 15) is 14.7 Å². The van der Waals surface area contributed by atoms with Crippen molar-refractivity contribution in [2.45, 2.75) is 59.6 Å². The quantitative estimate of drug-likeness (QED) is 0.398. The number of aryl methyl sites for hydroxylation is 2. The van der Waals surface area contributed by atoms with Gasteiger partial charge in [0.25, 0.3) is 11.7 Å². The zero-order valence-electron chi connectivity index (χ0n) is 18.2. The lowest BCUT2D eigenvalue weighted by Gasteiger charge is -2.23. The van der Waals surface area contributed by atoms with Crippen LogP contribution in [0, 0.1) is 13.8 Å². The standard InChI is InChI=1S/C24H29NO5/c1-6-7-12-25-21(19-10-8-16(5)30-19)20(23(27)24(25)28)22(26)17-9-11-18(15(4)13-17)29-14(2)3/h8-11,13-14,21,26H,6-7,12H2,1-5H3/b22-20-. The molecule has 0 spiro atoms. The Hall–Kier alpha value is -3.02. The number of hydrogen-bond acceptors (Lipinski definition) is 5. The number of carbonyl (C=O) groups excluding carboxylic acids is 2. The van der Waals surface area contributed by atoms with Gasteiger partial charge in [-0.2, -0.15) is 0 Å². The molecular formula is C24H29NO5. The van der Waals surface area contributed by atoms with Crippen LogP contribution in [-0.2, 0) is 9.59 Å². The normalized spacial score (nSPS) is 18.5. The molecule has 6 heteroatoms. The largest absolute Gasteiger partial charge is 0.507 e. The Balaban J connectivity index is 2.09. The summed E-state index contributed by atoms with van der Waals surface area (Å²) < 4.78 is 11.5. The molecule has 0 radical (unpaired) electrons. The molecule has 0 aliphatic carbocycles. The number of unbranched alkanes of at least 4 members (excludes halogenated alkanes) is 1. The van der Waals surface area contributed by atoms with Gasteiger partial charge >= 0.3 is 0 Å². The van der Waals surface area contributed by atoms with Gasteiger partial charge in [-0.05, 0) is 70.0 Å². The molecule has 1 amide bonds. The molecule has 30 heavy (non-hydrogen) atoms. The van der Waals surface area contributed by atoms with Crippen LogP contribution in [0.2, 0.25) is 0 Å². The lowest BCUT2D eigenvalue weighted by molar-refractivity contribution is -0.140. The van der Waals surface area contributed by atoms with Crippen molar-refractivity contribution < 1.29 is 23.8 Å². The van der Waals surface area contributed by atoms with Gasteiger partial charge in [-0.1, -0.05) is 13.3 Å². The molecule has 2 heterocycles. The Bertz CT molecular complexity index is 985. The fraction of sp³-hybridized carbons (Fsp3) is 0.417. The summed E-state index contributed by atoms with van der Waals surface area (Å²) in [5, 5.41) is 11.1. The van der Waals surface area contributed by atoms with Gasteiger partial charge < -0.3 is 19.2 Å². The number of benzene rings is 1. The third kappa shape index (κ3) is 4.13. The van der Waals surface area contributed by atoms with Gasteiger partial charge in [0.05, 0.1) is 11.7 Å². The number of ketones is 1. The number of carbonyl (C=O) groups is 2. The first-order valence-electron chi connectivity index (χ1n) is 10.4. The van der Waals surface area contributed by atoms with E-state index in [1.54, 1.807) is 37.3 Å². The van der Waals surface area contributed by atoms with Crippen molar-refractivity contribution >= 4 is 17.4 Å². The van der Waals surface area contributed by atoms with E-state index in [4.69, 9.17) is 9.15 Å². The summed E-state index contributed by atoms with van der Waals surface area (Å²) in [6, 6.07) is 8.03. The third-order valence-electron chi connectivity index (χ3n) is 5.13. The van der Waals surface area contributed by atoms with E-state index < -0.39 is 17.7 Å². The maximum Gasteiger partial charge on any atom is 0.295 e. The number of amides is 1. The van der Waals surface area contributed by atoms with E-state index in [1.165, 1.54) is 4.90 Å². The lowest BCUT2D eigenvalue weighted by atomic mass is 9.98. The molecule has 2 aromatic rings. The molecular weight excluding hydrogens is 382 g/mol. The van der Waals surface area contributed by atoms with Crippen molar-refractivity contribution in [1.82, 2.24) is 4.90 Å². The maximum absolute atomic E-state index is 12.9. The molecule has 1 atom stereocenters. The van der Waals surface area contributed by atoms with Crippen LogP contribution in [0.4, 0.5) is 0 Å². The zero-order valence-corrected chi connectivity index (χ0v) is 18.2. The minimum atomic E-state index is -0.739. The number of likely N-dealkylation sites (tertiary alicyclic amines) is 1. The highest BCUT2D eigenvalue weighted by atomic mass is 16.5. The molecule has 0 bridgehead atoms. The molecule has 1 aliphatic rings. The summed E-state index contributed by atoms with van der Waals surface area (Å²) in [4.78, 5) is 27.2. The topological polar surface area (TPSA) is 80.0 Å². The number of nitrogens with zero attached hydrogens (tertiary/aromatic N) is 1. The molecule has 1 saturated heterocycles. The Labute approximate surface area is 177 Å². The van der Waals surface area contributed by atoms with Crippen LogP contribution in [-0.4, -0.2) is 34.3 Å². The first kappa shape index (κ1) is 21.7. The zero-order chi connectivity index (χ0) is 22.0. The number of Topliss-reactive ketones (excluding diaryl/α,β-unsaturated/α-hetero) is 1. The van der Waals surface area contributed by atoms with E-state index in [1.807, 2.05) is 27.7 Å². The van der Waals surface area contributed by atoms with E-state index in [-0.39, 0.29) is 17.4 Å². The average molecular weight is 411 g/mol. The molecule has 6 nitrogen and oxygen atoms in total. The number of aliphatic hydroxyl groups excluding tert-OH is 1. The van der Waals surface area contributed by atoms with Crippen molar-refractivity contribution in [3.63, 3.8) is 0 Å². The summed E-state index contributed by atoms with van der Waals surface area (Å²) in [7, 11) is 0. The summed E-state index contributed by atoms with van der Waals surface area (Å²) >= 11 is 0. The fourth-order valence-electron chi connectivity index (χ4n) is 3.67. The SMILES string of the molecule is CCCCN1C(=O)C(=O)/C(=C(\O)c2ccc(OC(C)C)c(C)c2)C1c1ccc(C)o1. The van der Waals surface area contributed by atoms with E-state index in [2.05, 4.69) is 0 Å². The van der Waals surface area contributed by atoms with Crippen LogP contribution in [0.1, 0.15) is 62.3 Å². The lowest BCUT2D eigenvalue weighted by Crippen LogP contribution is -2.30. The highest BCUT2D eigenvalue weighted by Gasteiger charge is 2.47. The highest BCUT2D eigenvalue weighted by Crippen LogP contribution is 2.40. The van der Waals surface area contributed by atoms with Crippen molar-refractivity contribution in [3.05, 3.63) is 58.6 Å². The van der Waals surface area contributed by atoms with E-state index >= 15 is 0 Å². The molecule has 1 aliphatic heterocycles. The monoisotopic (exact) mass is 411 g/mol. The van der Waals surface area contributed by atoms with Gasteiger partial charge in [0.1, 0.15) is 29.1 Å². The fourth-order valence-corrected chi connectivity index (χ4v) is 3.67. The van der Waals surface area contributed by atoms with E-state index in [0.29, 0.717) is 29.4 Å². The van der Waals surface area contributed by atoms with Gasteiger partial charge in [-0.25, -0.2) is 0 Å². The average Bonchev–Trinajstić information content (AvgIpc) is 3.22. The predicted octanol–water partition coefficient (Wildman–Crippen LogP) is 4.91. The summed E-state index contributed by atoms with van der Waals surface area (Å²) in [6.45, 7) is 10.0. The summed E-state index contributed by atoms with van der Waals surface area (Å²) in [5.41, 5.74) is 1.35. The van der Waals surface area contributed by atoms with Crippen LogP contribution >= 0.6 is 0 Å². The first-order chi connectivity index (χ1) is 14.2. The molecule has 1 aromatic heterocycles. The van der Waals surface area contributed by atoms with Gasteiger partial charge in [0.2, 0.25) is 0 Å². The van der Waals surface area contributed by atoms with Crippen LogP contribution in [0.15, 0.2) is 40.3 Å². The molecule has 0 saturated carbocycles. The maximum atomic E-state index is 12.9. The Morgan fingerprint density at radius 2 is 1.93 bits per heavy atom.